The van der Waals surface area contributed by atoms with Crippen LogP contribution in [0.3, 0.4) is 0 Å². The van der Waals surface area contributed by atoms with Gasteiger partial charge in [-0.25, -0.2) is 9.13 Å². The summed E-state index contributed by atoms with van der Waals surface area (Å²) in [6.45, 7) is 9.52. The second-order valence-corrected chi connectivity index (χ2v) is 29.3. The van der Waals surface area contributed by atoms with Crippen molar-refractivity contribution in [3.05, 3.63) is 0 Å². The maximum Gasteiger partial charge on any atom is 0.472 e. The predicted octanol–water partition coefficient (Wildman–Crippen LogP) is 20.4. The Morgan fingerprint density at radius 3 is 0.844 bits per heavy atom. The molecule has 0 aliphatic heterocycles. The third-order valence-corrected chi connectivity index (χ3v) is 18.7. The minimum Gasteiger partial charge on any atom is -0.462 e. The Morgan fingerprint density at radius 1 is 0.322 bits per heavy atom. The highest BCUT2D eigenvalue weighted by Crippen LogP contribution is 2.45. The van der Waals surface area contributed by atoms with Crippen LogP contribution in [0.2, 0.25) is 0 Å². The van der Waals surface area contributed by atoms with Gasteiger partial charge in [-0.05, 0) is 37.5 Å². The van der Waals surface area contributed by atoms with Crippen molar-refractivity contribution in [2.24, 2.45) is 11.8 Å². The monoisotopic (exact) mass is 1320 g/mol. The van der Waals surface area contributed by atoms with Crippen molar-refractivity contribution >= 4 is 39.5 Å². The van der Waals surface area contributed by atoms with Gasteiger partial charge in [0, 0.05) is 25.7 Å². The summed E-state index contributed by atoms with van der Waals surface area (Å²) in [5.41, 5.74) is 0. The summed E-state index contributed by atoms with van der Waals surface area (Å²) in [6.07, 6.45) is 49.1. The summed E-state index contributed by atoms with van der Waals surface area (Å²) in [5.74, 6) is -0.494. The van der Waals surface area contributed by atoms with E-state index in [-0.39, 0.29) is 25.7 Å². The van der Waals surface area contributed by atoms with Crippen LogP contribution in [0.25, 0.3) is 0 Å². The van der Waals surface area contributed by atoms with Gasteiger partial charge in [-0.1, -0.05) is 311 Å². The van der Waals surface area contributed by atoms with E-state index in [0.717, 1.165) is 108 Å². The molecule has 0 bridgehead atoms. The quantitative estimate of drug-likeness (QED) is 0.0222. The number of aliphatic hydroxyl groups excluding tert-OH is 1. The van der Waals surface area contributed by atoms with E-state index in [1.165, 1.54) is 173 Å². The van der Waals surface area contributed by atoms with E-state index >= 15 is 0 Å². The number of unbranched alkanes of at least 4 members (excludes halogenated alkanes) is 39. The first-order valence-electron chi connectivity index (χ1n) is 37.0. The maximum absolute atomic E-state index is 13.0. The van der Waals surface area contributed by atoms with Crippen molar-refractivity contribution in [2.45, 2.75) is 381 Å². The molecule has 0 aromatic carbocycles. The fraction of sp³-hybridized carbons (Fsp3) is 0.944. The summed E-state index contributed by atoms with van der Waals surface area (Å²) in [5, 5.41) is 10.5. The van der Waals surface area contributed by atoms with Gasteiger partial charge in [0.15, 0.2) is 12.2 Å². The molecular formula is C71H138O17P2. The molecule has 3 N–H and O–H groups in total. The van der Waals surface area contributed by atoms with Crippen LogP contribution in [0.15, 0.2) is 0 Å². The fourth-order valence-corrected chi connectivity index (χ4v) is 12.3. The number of ether oxygens (including phenoxy) is 4. The molecule has 0 saturated heterocycles. The fourth-order valence-electron chi connectivity index (χ4n) is 10.7. The largest absolute Gasteiger partial charge is 0.472 e. The molecule has 0 rings (SSSR count). The third-order valence-electron chi connectivity index (χ3n) is 16.8. The predicted molar refractivity (Wildman–Crippen MR) is 363 cm³/mol. The Hall–Kier alpha value is -1.94. The molecule has 0 amide bonds. The highest BCUT2D eigenvalue weighted by molar-refractivity contribution is 7.47. The number of esters is 4. The average Bonchev–Trinajstić information content (AvgIpc) is 3.72. The molecule has 0 saturated carbocycles. The Labute approximate surface area is 549 Å². The number of hydrogen-bond acceptors (Lipinski definition) is 15. The molecule has 17 nitrogen and oxygen atoms in total. The first-order valence-corrected chi connectivity index (χ1v) is 40.0. The maximum atomic E-state index is 13.0. The van der Waals surface area contributed by atoms with E-state index in [2.05, 4.69) is 41.5 Å². The lowest BCUT2D eigenvalue weighted by atomic mass is 9.99. The topological polar surface area (TPSA) is 237 Å². The molecule has 0 aromatic heterocycles. The Morgan fingerprint density at radius 2 is 0.567 bits per heavy atom. The van der Waals surface area contributed by atoms with Crippen molar-refractivity contribution in [1.29, 1.82) is 0 Å². The van der Waals surface area contributed by atoms with Crippen LogP contribution in [0.1, 0.15) is 363 Å². The molecule has 0 heterocycles. The molecular weight excluding hydrogens is 1190 g/mol. The van der Waals surface area contributed by atoms with Crippen LogP contribution in [0.4, 0.5) is 0 Å². The van der Waals surface area contributed by atoms with E-state index in [9.17, 15) is 43.2 Å². The van der Waals surface area contributed by atoms with E-state index in [1.54, 1.807) is 0 Å². The lowest BCUT2D eigenvalue weighted by Crippen LogP contribution is -2.30. The normalized spacial score (nSPS) is 14.4. The lowest BCUT2D eigenvalue weighted by molar-refractivity contribution is -0.161. The van der Waals surface area contributed by atoms with Gasteiger partial charge in [-0.2, -0.15) is 0 Å². The molecule has 0 radical (unpaired) electrons. The number of hydrogen-bond donors (Lipinski definition) is 3. The summed E-state index contributed by atoms with van der Waals surface area (Å²) in [4.78, 5) is 72.2. The zero-order chi connectivity index (χ0) is 66.5. The van der Waals surface area contributed by atoms with Gasteiger partial charge < -0.3 is 33.8 Å². The number of rotatable bonds is 70. The lowest BCUT2D eigenvalue weighted by Gasteiger charge is -2.21. The number of phosphoric acid groups is 2. The van der Waals surface area contributed by atoms with Gasteiger partial charge in [-0.15, -0.1) is 0 Å². The number of carbonyl (C=O) groups excluding carboxylic acids is 4. The van der Waals surface area contributed by atoms with Crippen molar-refractivity contribution in [1.82, 2.24) is 0 Å². The standard InChI is InChI=1S/C71H138O17P2/c1-7-10-12-14-15-29-37-43-49-55-70(75)87-66(59-81-68(73)53-47-39-13-11-8-2)61-85-89(77,78)83-57-65(72)58-84-90(79,80)86-62-67(60-82-69(74)54-48-42-36-32-28-24-25-30-34-40-45-51-63(4)5)88-71(76)56-50-44-38-33-27-23-21-19-17-16-18-20-22-26-31-35-41-46-52-64(6)9-3/h63-67,72H,7-62H2,1-6H3,(H,77,78)(H,79,80)/t64?,65-,66+,67+/m0/s1. The van der Waals surface area contributed by atoms with Crippen LogP contribution in [0.5, 0.6) is 0 Å². The molecule has 3 unspecified atom stereocenters. The Kier molecular flexibility index (Phi) is 61.8. The van der Waals surface area contributed by atoms with E-state index in [0.29, 0.717) is 25.7 Å². The summed E-state index contributed by atoms with van der Waals surface area (Å²) >= 11 is 0. The van der Waals surface area contributed by atoms with Crippen LogP contribution in [-0.4, -0.2) is 96.7 Å². The van der Waals surface area contributed by atoms with Crippen molar-refractivity contribution < 1.29 is 80.2 Å². The zero-order valence-electron chi connectivity index (χ0n) is 58.4. The highest BCUT2D eigenvalue weighted by atomic mass is 31.2. The summed E-state index contributed by atoms with van der Waals surface area (Å²) < 4.78 is 68.0. The van der Waals surface area contributed by atoms with E-state index < -0.39 is 97.5 Å². The van der Waals surface area contributed by atoms with Crippen molar-refractivity contribution in [2.75, 3.05) is 39.6 Å². The minimum absolute atomic E-state index is 0.105. The molecule has 0 aliphatic carbocycles. The van der Waals surface area contributed by atoms with Crippen LogP contribution in [-0.2, 0) is 65.4 Å². The van der Waals surface area contributed by atoms with Gasteiger partial charge in [0.25, 0.3) is 0 Å². The van der Waals surface area contributed by atoms with E-state index in [4.69, 9.17) is 37.0 Å². The third kappa shape index (κ3) is 63.5. The first kappa shape index (κ1) is 88.1. The van der Waals surface area contributed by atoms with Crippen LogP contribution < -0.4 is 0 Å². The van der Waals surface area contributed by atoms with Crippen LogP contribution >= 0.6 is 15.6 Å². The second kappa shape index (κ2) is 63.1. The Bertz CT molecular complexity index is 1750. The van der Waals surface area contributed by atoms with Crippen molar-refractivity contribution in [3.8, 4) is 0 Å². The molecule has 0 fully saturated rings. The number of aliphatic hydroxyl groups is 1. The Balaban J connectivity index is 5.09. The van der Waals surface area contributed by atoms with Gasteiger partial charge >= 0.3 is 39.5 Å². The first-order chi connectivity index (χ1) is 43.4. The molecule has 534 valence electrons. The SMILES string of the molecule is CCCCCCCCCCCC(=O)O[C@H](COC(=O)CCCCCCC)COP(=O)(O)OC[C@H](O)COP(=O)(O)OC[C@@H](COC(=O)CCCCCCCCCCCCCC(C)C)OC(=O)CCCCCCCCCCCCCCCCCCCCC(C)CC. The number of phosphoric ester groups is 2. The van der Waals surface area contributed by atoms with Gasteiger partial charge in [-0.3, -0.25) is 37.3 Å². The van der Waals surface area contributed by atoms with E-state index in [1.807, 2.05) is 0 Å². The molecule has 0 aliphatic rings. The zero-order valence-corrected chi connectivity index (χ0v) is 60.2. The molecule has 0 spiro atoms. The second-order valence-electron chi connectivity index (χ2n) is 26.3. The molecule has 90 heavy (non-hydrogen) atoms. The highest BCUT2D eigenvalue weighted by Gasteiger charge is 2.30. The average molecular weight is 1330 g/mol. The molecule has 6 atom stereocenters. The summed E-state index contributed by atoms with van der Waals surface area (Å²) in [6, 6.07) is 0. The van der Waals surface area contributed by atoms with Gasteiger partial charge in [0.05, 0.1) is 26.4 Å². The minimum atomic E-state index is -4.95. The molecule has 0 aromatic rings. The van der Waals surface area contributed by atoms with Crippen LogP contribution in [0, 0.1) is 11.8 Å². The van der Waals surface area contributed by atoms with Gasteiger partial charge in [0.2, 0.25) is 0 Å². The number of carbonyl (C=O) groups is 4. The summed E-state index contributed by atoms with van der Waals surface area (Å²) in [7, 11) is -9.89. The van der Waals surface area contributed by atoms with Crippen molar-refractivity contribution in [3.63, 3.8) is 0 Å². The van der Waals surface area contributed by atoms with Gasteiger partial charge in [0.1, 0.15) is 19.3 Å². The smallest absolute Gasteiger partial charge is 0.462 e. The molecule has 19 heteroatoms.